The van der Waals surface area contributed by atoms with Crippen LogP contribution in [0.25, 0.3) is 0 Å². The fraction of sp³-hybridized carbons (Fsp3) is 0.250. The van der Waals surface area contributed by atoms with Crippen molar-refractivity contribution in [2.75, 3.05) is 22.3 Å². The van der Waals surface area contributed by atoms with Gasteiger partial charge in [0.2, 0.25) is 5.91 Å². The second kappa shape index (κ2) is 12.1. The molecular formula is C28H27Cl2N3O5S. The van der Waals surface area contributed by atoms with Gasteiger partial charge in [-0.05, 0) is 82.3 Å². The van der Waals surface area contributed by atoms with Gasteiger partial charge >= 0.3 is 5.97 Å². The van der Waals surface area contributed by atoms with E-state index in [4.69, 9.17) is 33.2 Å². The van der Waals surface area contributed by atoms with Gasteiger partial charge in [-0.3, -0.25) is 18.8 Å². The van der Waals surface area contributed by atoms with Crippen LogP contribution in [-0.4, -0.2) is 39.0 Å². The van der Waals surface area contributed by atoms with Crippen LogP contribution in [0, 0.1) is 18.3 Å². The average Bonchev–Trinajstić information content (AvgIpc) is 2.86. The second-order valence-corrected chi connectivity index (χ2v) is 12.3. The molecule has 39 heavy (non-hydrogen) atoms. The van der Waals surface area contributed by atoms with E-state index in [1.807, 2.05) is 13.0 Å². The van der Waals surface area contributed by atoms with Crippen LogP contribution in [-0.2, 0) is 24.3 Å². The number of aryl methyl sites for hydroxylation is 1. The van der Waals surface area contributed by atoms with Gasteiger partial charge in [0.05, 0.1) is 32.3 Å². The van der Waals surface area contributed by atoms with Gasteiger partial charge in [0.1, 0.15) is 18.7 Å². The molecule has 0 saturated heterocycles. The third-order valence-electron chi connectivity index (χ3n) is 5.40. The van der Waals surface area contributed by atoms with Gasteiger partial charge in [0.15, 0.2) is 0 Å². The van der Waals surface area contributed by atoms with Crippen LogP contribution < -0.4 is 9.21 Å². The maximum atomic E-state index is 13.8. The molecule has 0 N–H and O–H groups in total. The van der Waals surface area contributed by atoms with Crippen LogP contribution in [0.4, 0.5) is 11.4 Å². The number of amides is 1. The van der Waals surface area contributed by atoms with Crippen molar-refractivity contribution in [1.82, 2.24) is 0 Å². The highest BCUT2D eigenvalue weighted by molar-refractivity contribution is 7.92. The number of benzene rings is 3. The Balaban J connectivity index is 2.07. The molecular weight excluding hydrogens is 561 g/mol. The van der Waals surface area contributed by atoms with Gasteiger partial charge in [-0.2, -0.15) is 5.26 Å². The Morgan fingerprint density at radius 2 is 1.49 bits per heavy atom. The van der Waals surface area contributed by atoms with Crippen LogP contribution in [0.1, 0.15) is 31.9 Å². The van der Waals surface area contributed by atoms with E-state index in [1.165, 1.54) is 54.6 Å². The molecule has 0 atom stereocenters. The first kappa shape index (κ1) is 30.0. The molecule has 0 unspecified atom stereocenters. The van der Waals surface area contributed by atoms with E-state index >= 15 is 0 Å². The minimum absolute atomic E-state index is 0.0379. The molecule has 1 amide bonds. The molecule has 0 saturated carbocycles. The number of nitrogens with zero attached hydrogens (tertiary/aromatic N) is 3. The number of anilines is 2. The number of hydrogen-bond donors (Lipinski definition) is 0. The number of hydrogen-bond acceptors (Lipinski definition) is 6. The average molecular weight is 589 g/mol. The van der Waals surface area contributed by atoms with Crippen molar-refractivity contribution in [3.63, 3.8) is 0 Å². The van der Waals surface area contributed by atoms with E-state index in [2.05, 4.69) is 0 Å². The summed E-state index contributed by atoms with van der Waals surface area (Å²) in [5.74, 6) is -1.41. The molecule has 0 heterocycles. The Morgan fingerprint density at radius 1 is 0.897 bits per heavy atom. The Labute approximate surface area is 238 Å². The third-order valence-corrected chi connectivity index (χ3v) is 7.92. The molecule has 11 heteroatoms. The van der Waals surface area contributed by atoms with E-state index in [1.54, 1.807) is 32.9 Å². The Bertz CT molecular complexity index is 1510. The molecule has 0 aromatic heterocycles. The number of carbonyl (C=O) groups excluding carboxylic acids is 2. The Kier molecular flexibility index (Phi) is 9.28. The van der Waals surface area contributed by atoms with Gasteiger partial charge in [-0.15, -0.1) is 0 Å². The van der Waals surface area contributed by atoms with E-state index in [0.717, 1.165) is 14.8 Å². The van der Waals surface area contributed by atoms with E-state index < -0.39 is 40.6 Å². The van der Waals surface area contributed by atoms with Crippen molar-refractivity contribution in [3.8, 4) is 6.07 Å². The van der Waals surface area contributed by atoms with Crippen LogP contribution in [0.15, 0.2) is 71.6 Å². The summed E-state index contributed by atoms with van der Waals surface area (Å²) in [6.07, 6.45) is 0. The van der Waals surface area contributed by atoms with Gasteiger partial charge in [-0.25, -0.2) is 8.42 Å². The van der Waals surface area contributed by atoms with Crippen molar-refractivity contribution in [3.05, 3.63) is 87.9 Å². The van der Waals surface area contributed by atoms with Crippen LogP contribution >= 0.6 is 23.2 Å². The highest BCUT2D eigenvalue weighted by Crippen LogP contribution is 2.31. The molecule has 0 radical (unpaired) electrons. The monoisotopic (exact) mass is 587 g/mol. The fourth-order valence-corrected chi connectivity index (χ4v) is 5.24. The van der Waals surface area contributed by atoms with E-state index in [0.29, 0.717) is 5.56 Å². The van der Waals surface area contributed by atoms with E-state index in [9.17, 15) is 18.0 Å². The molecule has 0 aliphatic rings. The molecule has 0 aliphatic heterocycles. The third kappa shape index (κ3) is 7.73. The first-order valence-corrected chi connectivity index (χ1v) is 14.0. The minimum Gasteiger partial charge on any atom is -0.459 e. The quantitative estimate of drug-likeness (QED) is 0.311. The highest BCUT2D eigenvalue weighted by Gasteiger charge is 2.31. The molecule has 3 aromatic rings. The van der Waals surface area contributed by atoms with Crippen molar-refractivity contribution < 1.29 is 22.7 Å². The molecule has 0 spiro atoms. The van der Waals surface area contributed by atoms with Crippen molar-refractivity contribution in [1.29, 1.82) is 5.26 Å². The smallest absolute Gasteiger partial charge is 0.326 e. The zero-order valence-electron chi connectivity index (χ0n) is 21.8. The standard InChI is InChI=1S/C28H27Cl2N3O5S/c1-19-5-12-23(13-6-19)39(36,37)33(22-11-14-24(29)25(30)15-22)17-26(34)32(18-27(35)38-28(2,3)4)21-9-7-20(16-31)8-10-21/h5-15H,17-18H2,1-4H3. The summed E-state index contributed by atoms with van der Waals surface area (Å²) in [7, 11) is -4.25. The summed E-state index contributed by atoms with van der Waals surface area (Å²) in [4.78, 5) is 27.6. The van der Waals surface area contributed by atoms with Crippen LogP contribution in [0.3, 0.4) is 0 Å². The fourth-order valence-electron chi connectivity index (χ4n) is 3.54. The highest BCUT2D eigenvalue weighted by atomic mass is 35.5. The molecule has 0 aliphatic carbocycles. The summed E-state index contributed by atoms with van der Waals surface area (Å²) in [6.45, 7) is 5.75. The molecule has 204 valence electrons. The topological polar surface area (TPSA) is 108 Å². The summed E-state index contributed by atoms with van der Waals surface area (Å²) < 4.78 is 33.9. The summed E-state index contributed by atoms with van der Waals surface area (Å²) in [5.41, 5.74) is 0.789. The number of nitriles is 1. The lowest BCUT2D eigenvalue weighted by Gasteiger charge is -2.29. The second-order valence-electron chi connectivity index (χ2n) is 9.65. The lowest BCUT2D eigenvalue weighted by Crippen LogP contribution is -2.46. The molecule has 8 nitrogen and oxygen atoms in total. The first-order chi connectivity index (χ1) is 18.2. The predicted octanol–water partition coefficient (Wildman–Crippen LogP) is 5.74. The maximum absolute atomic E-state index is 13.8. The first-order valence-electron chi connectivity index (χ1n) is 11.8. The van der Waals surface area contributed by atoms with Gasteiger partial charge in [-0.1, -0.05) is 40.9 Å². The molecule has 0 bridgehead atoms. The lowest BCUT2D eigenvalue weighted by atomic mass is 10.2. The number of rotatable bonds is 8. The number of sulfonamides is 1. The van der Waals surface area contributed by atoms with E-state index in [-0.39, 0.29) is 26.3 Å². The van der Waals surface area contributed by atoms with Gasteiger partial charge in [0, 0.05) is 5.69 Å². The van der Waals surface area contributed by atoms with Crippen LogP contribution in [0.5, 0.6) is 0 Å². The molecule has 3 aromatic carbocycles. The Morgan fingerprint density at radius 3 is 2.03 bits per heavy atom. The molecule has 3 rings (SSSR count). The normalized spacial score (nSPS) is 11.4. The summed E-state index contributed by atoms with van der Waals surface area (Å²) >= 11 is 12.2. The zero-order chi connectivity index (χ0) is 29.0. The Hall–Kier alpha value is -3.58. The largest absolute Gasteiger partial charge is 0.459 e. The van der Waals surface area contributed by atoms with Crippen LogP contribution in [0.2, 0.25) is 10.0 Å². The number of halogens is 2. The summed E-state index contributed by atoms with van der Waals surface area (Å²) in [6, 6.07) is 18.4. The van der Waals surface area contributed by atoms with Gasteiger partial charge < -0.3 is 4.74 Å². The zero-order valence-corrected chi connectivity index (χ0v) is 24.1. The SMILES string of the molecule is Cc1ccc(S(=O)(=O)N(CC(=O)N(CC(=O)OC(C)(C)C)c2ccc(C#N)cc2)c2ccc(Cl)c(Cl)c2)cc1. The lowest BCUT2D eigenvalue weighted by molar-refractivity contribution is -0.153. The number of esters is 1. The van der Waals surface area contributed by atoms with Gasteiger partial charge in [0.25, 0.3) is 10.0 Å². The van der Waals surface area contributed by atoms with Crippen molar-refractivity contribution in [2.45, 2.75) is 38.2 Å². The minimum atomic E-state index is -4.25. The summed E-state index contributed by atoms with van der Waals surface area (Å²) in [5, 5.41) is 9.46. The maximum Gasteiger partial charge on any atom is 0.326 e. The van der Waals surface area contributed by atoms with Crippen molar-refractivity contribution in [2.24, 2.45) is 0 Å². The van der Waals surface area contributed by atoms with Crippen molar-refractivity contribution >= 4 is 56.5 Å². The number of ether oxygens (including phenoxy) is 1. The molecule has 0 fully saturated rings. The predicted molar refractivity (Wildman–Crippen MR) is 152 cm³/mol. The number of carbonyl (C=O) groups is 2.